The Bertz CT molecular complexity index is 395. The number of carboxylic acid groups (broad SMARTS) is 1. The Balaban J connectivity index is 2.90. The van der Waals surface area contributed by atoms with E-state index in [0.29, 0.717) is 6.42 Å². The molecule has 0 aliphatic carbocycles. The first-order valence-electron chi connectivity index (χ1n) is 6.87. The molecular formula is C16H25NO2. The van der Waals surface area contributed by atoms with Crippen LogP contribution >= 0.6 is 0 Å². The van der Waals surface area contributed by atoms with E-state index in [0.717, 1.165) is 12.0 Å². The van der Waals surface area contributed by atoms with Gasteiger partial charge in [0.2, 0.25) is 0 Å². The number of hydrogen-bond acceptors (Lipinski definition) is 2. The molecule has 106 valence electrons. The van der Waals surface area contributed by atoms with Gasteiger partial charge in [-0.25, -0.2) is 0 Å². The normalized spacial score (nSPS) is 14.9. The lowest BCUT2D eigenvalue weighted by molar-refractivity contribution is -0.139. The van der Waals surface area contributed by atoms with E-state index >= 15 is 0 Å². The first-order chi connectivity index (χ1) is 8.83. The summed E-state index contributed by atoms with van der Waals surface area (Å²) in [5.74, 6) is -0.780. The molecule has 0 bridgehead atoms. The third-order valence-electron chi connectivity index (χ3n) is 3.13. The lowest BCUT2D eigenvalue weighted by Gasteiger charge is -2.29. The van der Waals surface area contributed by atoms with Crippen LogP contribution in [0.15, 0.2) is 30.3 Å². The first-order valence-corrected chi connectivity index (χ1v) is 6.87. The molecule has 0 heterocycles. The molecule has 1 rings (SSSR count). The van der Waals surface area contributed by atoms with Crippen LogP contribution in [-0.4, -0.2) is 17.1 Å². The van der Waals surface area contributed by atoms with Crippen LogP contribution in [0.2, 0.25) is 0 Å². The van der Waals surface area contributed by atoms with Crippen molar-refractivity contribution in [3.8, 4) is 0 Å². The zero-order chi connectivity index (χ0) is 14.5. The third-order valence-corrected chi connectivity index (χ3v) is 3.13. The maximum absolute atomic E-state index is 11.2. The Labute approximate surface area is 116 Å². The van der Waals surface area contributed by atoms with Crippen molar-refractivity contribution in [2.75, 3.05) is 0 Å². The standard InChI is InChI=1S/C16H25NO2/c1-5-13(15(18)19)17-14(11-16(2,3)4)12-9-7-6-8-10-12/h6-10,13-14,17H,5,11H2,1-4H3,(H,18,19). The Morgan fingerprint density at radius 3 is 2.26 bits per heavy atom. The molecule has 0 fully saturated rings. The van der Waals surface area contributed by atoms with Crippen LogP contribution in [0.1, 0.15) is 52.1 Å². The molecular weight excluding hydrogens is 238 g/mol. The molecule has 1 aromatic carbocycles. The summed E-state index contributed by atoms with van der Waals surface area (Å²) in [5, 5.41) is 12.5. The number of aliphatic carboxylic acids is 1. The van der Waals surface area contributed by atoms with Crippen molar-refractivity contribution in [1.29, 1.82) is 0 Å². The van der Waals surface area contributed by atoms with E-state index in [-0.39, 0.29) is 11.5 Å². The van der Waals surface area contributed by atoms with Crippen molar-refractivity contribution >= 4 is 5.97 Å². The summed E-state index contributed by atoms with van der Waals surface area (Å²) >= 11 is 0. The van der Waals surface area contributed by atoms with E-state index in [1.54, 1.807) is 0 Å². The average molecular weight is 263 g/mol. The summed E-state index contributed by atoms with van der Waals surface area (Å²) < 4.78 is 0. The van der Waals surface area contributed by atoms with Crippen LogP contribution in [0, 0.1) is 5.41 Å². The van der Waals surface area contributed by atoms with E-state index in [4.69, 9.17) is 0 Å². The largest absolute Gasteiger partial charge is 0.480 e. The van der Waals surface area contributed by atoms with Crippen molar-refractivity contribution in [1.82, 2.24) is 5.32 Å². The highest BCUT2D eigenvalue weighted by Gasteiger charge is 2.25. The van der Waals surface area contributed by atoms with Gasteiger partial charge < -0.3 is 5.11 Å². The molecule has 2 N–H and O–H groups in total. The lowest BCUT2D eigenvalue weighted by atomic mass is 9.85. The van der Waals surface area contributed by atoms with Gasteiger partial charge in [-0.2, -0.15) is 0 Å². The Kier molecular flexibility index (Phi) is 5.55. The predicted octanol–water partition coefficient (Wildman–Crippen LogP) is 3.62. The minimum absolute atomic E-state index is 0.0715. The summed E-state index contributed by atoms with van der Waals surface area (Å²) in [6.45, 7) is 8.41. The molecule has 0 spiro atoms. The molecule has 2 unspecified atom stereocenters. The van der Waals surface area contributed by atoms with Gasteiger partial charge in [0, 0.05) is 6.04 Å². The number of rotatable bonds is 6. The summed E-state index contributed by atoms with van der Waals surface area (Å²) in [5.41, 5.74) is 1.29. The predicted molar refractivity (Wildman–Crippen MR) is 78.1 cm³/mol. The van der Waals surface area contributed by atoms with Crippen LogP contribution in [-0.2, 0) is 4.79 Å². The number of carboxylic acids is 1. The van der Waals surface area contributed by atoms with E-state index in [1.165, 1.54) is 0 Å². The Hall–Kier alpha value is -1.35. The molecule has 0 saturated carbocycles. The van der Waals surface area contributed by atoms with Gasteiger partial charge >= 0.3 is 5.97 Å². The van der Waals surface area contributed by atoms with E-state index in [2.05, 4.69) is 38.2 Å². The fraction of sp³-hybridized carbons (Fsp3) is 0.562. The van der Waals surface area contributed by atoms with Crippen LogP contribution in [0.4, 0.5) is 0 Å². The van der Waals surface area contributed by atoms with Crippen molar-refractivity contribution in [2.45, 2.75) is 52.6 Å². The van der Waals surface area contributed by atoms with Crippen molar-refractivity contribution in [3.63, 3.8) is 0 Å². The molecule has 0 amide bonds. The van der Waals surface area contributed by atoms with Gasteiger partial charge in [-0.05, 0) is 23.8 Å². The van der Waals surface area contributed by atoms with Gasteiger partial charge in [0.1, 0.15) is 6.04 Å². The second-order valence-corrected chi connectivity index (χ2v) is 6.19. The second-order valence-electron chi connectivity index (χ2n) is 6.19. The van der Waals surface area contributed by atoms with Crippen LogP contribution in [0.25, 0.3) is 0 Å². The van der Waals surface area contributed by atoms with Gasteiger partial charge in [-0.1, -0.05) is 58.0 Å². The number of hydrogen-bond donors (Lipinski definition) is 2. The molecule has 0 aliphatic heterocycles. The van der Waals surface area contributed by atoms with Crippen molar-refractivity contribution in [3.05, 3.63) is 35.9 Å². The fourth-order valence-corrected chi connectivity index (χ4v) is 2.18. The summed E-state index contributed by atoms with van der Waals surface area (Å²) in [6.07, 6.45) is 1.49. The van der Waals surface area contributed by atoms with Crippen LogP contribution in [0.3, 0.4) is 0 Å². The topological polar surface area (TPSA) is 49.3 Å². The van der Waals surface area contributed by atoms with E-state index in [1.807, 2.05) is 25.1 Å². The monoisotopic (exact) mass is 263 g/mol. The number of nitrogens with one attached hydrogen (secondary N) is 1. The molecule has 19 heavy (non-hydrogen) atoms. The fourth-order valence-electron chi connectivity index (χ4n) is 2.18. The second kappa shape index (κ2) is 6.71. The minimum atomic E-state index is -0.780. The smallest absolute Gasteiger partial charge is 0.320 e. The van der Waals surface area contributed by atoms with Crippen molar-refractivity contribution < 1.29 is 9.90 Å². The summed E-state index contributed by atoms with van der Waals surface area (Å²) in [4.78, 5) is 11.2. The summed E-state index contributed by atoms with van der Waals surface area (Å²) in [7, 11) is 0. The lowest BCUT2D eigenvalue weighted by Crippen LogP contribution is -2.39. The summed E-state index contributed by atoms with van der Waals surface area (Å²) in [6, 6.07) is 9.65. The zero-order valence-corrected chi connectivity index (χ0v) is 12.3. The number of carbonyl (C=O) groups is 1. The highest BCUT2D eigenvalue weighted by Crippen LogP contribution is 2.29. The SMILES string of the molecule is CCC(NC(CC(C)(C)C)c1ccccc1)C(=O)O. The van der Waals surface area contributed by atoms with Gasteiger partial charge in [0.25, 0.3) is 0 Å². The highest BCUT2D eigenvalue weighted by molar-refractivity contribution is 5.73. The van der Waals surface area contributed by atoms with E-state index in [9.17, 15) is 9.90 Å². The number of benzene rings is 1. The minimum Gasteiger partial charge on any atom is -0.480 e. The molecule has 1 aromatic rings. The highest BCUT2D eigenvalue weighted by atomic mass is 16.4. The molecule has 2 atom stereocenters. The molecule has 0 aromatic heterocycles. The van der Waals surface area contributed by atoms with Gasteiger partial charge in [0.05, 0.1) is 0 Å². The van der Waals surface area contributed by atoms with Gasteiger partial charge in [-0.3, -0.25) is 10.1 Å². The zero-order valence-electron chi connectivity index (χ0n) is 12.3. The molecule has 3 heteroatoms. The van der Waals surface area contributed by atoms with Crippen molar-refractivity contribution in [2.24, 2.45) is 5.41 Å². The van der Waals surface area contributed by atoms with Crippen LogP contribution < -0.4 is 5.32 Å². The Morgan fingerprint density at radius 2 is 1.84 bits per heavy atom. The third kappa shape index (κ3) is 5.43. The van der Waals surface area contributed by atoms with Gasteiger partial charge in [0.15, 0.2) is 0 Å². The first kappa shape index (κ1) is 15.7. The maximum atomic E-state index is 11.2. The maximum Gasteiger partial charge on any atom is 0.320 e. The Morgan fingerprint density at radius 1 is 1.26 bits per heavy atom. The molecule has 0 aliphatic rings. The quantitative estimate of drug-likeness (QED) is 0.824. The molecule has 0 radical (unpaired) electrons. The molecule has 3 nitrogen and oxygen atoms in total. The van der Waals surface area contributed by atoms with E-state index < -0.39 is 12.0 Å². The van der Waals surface area contributed by atoms with Gasteiger partial charge in [-0.15, -0.1) is 0 Å². The average Bonchev–Trinajstić information content (AvgIpc) is 2.33. The molecule has 0 saturated heterocycles. The van der Waals surface area contributed by atoms with Crippen LogP contribution in [0.5, 0.6) is 0 Å².